The highest BCUT2D eigenvalue weighted by atomic mass is 16.5. The molecule has 1 heterocycles. The third-order valence-electron chi connectivity index (χ3n) is 6.67. The van der Waals surface area contributed by atoms with Crippen molar-refractivity contribution in [2.75, 3.05) is 0 Å². The SMILES string of the molecule is CC(C)(C)Oc1ccc2c3c1O[C@H]1C(=O)CC[C@H]4[C@H](CCC[C@]314)C2. The monoisotopic (exact) mass is 326 g/mol. The Bertz CT molecular complexity index is 729. The van der Waals surface area contributed by atoms with E-state index in [4.69, 9.17) is 9.47 Å². The first-order valence-corrected chi connectivity index (χ1v) is 9.45. The van der Waals surface area contributed by atoms with E-state index in [2.05, 4.69) is 32.9 Å². The average molecular weight is 326 g/mol. The number of ketones is 1. The Morgan fingerprint density at radius 1 is 1.25 bits per heavy atom. The fourth-order valence-electron chi connectivity index (χ4n) is 6.07. The maximum atomic E-state index is 12.8. The molecule has 5 rings (SSSR count). The lowest BCUT2D eigenvalue weighted by molar-refractivity contribution is -0.136. The molecular formula is C21H26O3. The summed E-state index contributed by atoms with van der Waals surface area (Å²) in [5.41, 5.74) is 2.41. The molecular weight excluding hydrogens is 300 g/mol. The van der Waals surface area contributed by atoms with Crippen LogP contribution in [0, 0.1) is 11.8 Å². The van der Waals surface area contributed by atoms with Crippen LogP contribution in [0.25, 0.3) is 0 Å². The van der Waals surface area contributed by atoms with Gasteiger partial charge in [-0.05, 0) is 69.9 Å². The van der Waals surface area contributed by atoms with E-state index in [1.54, 1.807) is 0 Å². The molecule has 1 aromatic carbocycles. The highest BCUT2D eigenvalue weighted by Gasteiger charge is 2.64. The van der Waals surface area contributed by atoms with Gasteiger partial charge in [0.05, 0.1) is 0 Å². The van der Waals surface area contributed by atoms with E-state index in [0.29, 0.717) is 18.1 Å². The van der Waals surface area contributed by atoms with Gasteiger partial charge in [-0.15, -0.1) is 0 Å². The van der Waals surface area contributed by atoms with E-state index in [-0.39, 0.29) is 17.1 Å². The molecule has 0 unspecified atom stereocenters. The number of ether oxygens (including phenoxy) is 2. The average Bonchev–Trinajstić information content (AvgIpc) is 2.84. The number of rotatable bonds is 1. The number of hydrogen-bond acceptors (Lipinski definition) is 3. The molecule has 2 fully saturated rings. The van der Waals surface area contributed by atoms with Crippen molar-refractivity contribution in [2.24, 2.45) is 11.8 Å². The number of benzene rings is 1. The lowest BCUT2D eigenvalue weighted by atomic mass is 9.48. The van der Waals surface area contributed by atoms with Crippen LogP contribution in [0.4, 0.5) is 0 Å². The van der Waals surface area contributed by atoms with E-state index in [9.17, 15) is 4.79 Å². The number of hydrogen-bond donors (Lipinski definition) is 0. The Balaban J connectivity index is 1.73. The van der Waals surface area contributed by atoms with Crippen molar-refractivity contribution in [3.05, 3.63) is 23.3 Å². The van der Waals surface area contributed by atoms with Crippen LogP contribution in [0.1, 0.15) is 64.0 Å². The maximum absolute atomic E-state index is 12.8. The molecule has 0 radical (unpaired) electrons. The molecule has 2 saturated carbocycles. The topological polar surface area (TPSA) is 35.5 Å². The molecule has 0 N–H and O–H groups in total. The van der Waals surface area contributed by atoms with Crippen molar-refractivity contribution < 1.29 is 14.3 Å². The second-order valence-corrected chi connectivity index (χ2v) is 9.15. The lowest BCUT2D eigenvalue weighted by Gasteiger charge is -2.54. The fourth-order valence-corrected chi connectivity index (χ4v) is 6.07. The quantitative estimate of drug-likeness (QED) is 0.776. The minimum absolute atomic E-state index is 0.0571. The predicted octanol–water partition coefficient (Wildman–Crippen LogP) is 4.20. The maximum Gasteiger partial charge on any atom is 0.174 e. The van der Waals surface area contributed by atoms with Gasteiger partial charge in [0.15, 0.2) is 23.4 Å². The van der Waals surface area contributed by atoms with Crippen LogP contribution in [0.3, 0.4) is 0 Å². The number of carbonyl (C=O) groups is 1. The number of carbonyl (C=O) groups excluding carboxylic acids is 1. The van der Waals surface area contributed by atoms with Crippen LogP contribution in [-0.4, -0.2) is 17.5 Å². The van der Waals surface area contributed by atoms with Crippen LogP contribution in [0.2, 0.25) is 0 Å². The predicted molar refractivity (Wildman–Crippen MR) is 91.7 cm³/mol. The van der Waals surface area contributed by atoms with E-state index in [1.807, 2.05) is 0 Å². The van der Waals surface area contributed by atoms with Crippen LogP contribution in [-0.2, 0) is 16.6 Å². The van der Waals surface area contributed by atoms with Crippen LogP contribution in [0.15, 0.2) is 12.1 Å². The molecule has 3 heteroatoms. The van der Waals surface area contributed by atoms with Gasteiger partial charge in [-0.2, -0.15) is 0 Å². The summed E-state index contributed by atoms with van der Waals surface area (Å²) in [6.07, 6.45) is 6.25. The van der Waals surface area contributed by atoms with Gasteiger partial charge in [0.2, 0.25) is 0 Å². The first-order valence-electron chi connectivity index (χ1n) is 9.45. The zero-order valence-electron chi connectivity index (χ0n) is 14.9. The van der Waals surface area contributed by atoms with Crippen molar-refractivity contribution >= 4 is 5.78 Å². The Hall–Kier alpha value is -1.51. The Labute approximate surface area is 143 Å². The highest BCUT2D eigenvalue weighted by Crippen LogP contribution is 2.65. The third-order valence-corrected chi connectivity index (χ3v) is 6.67. The number of Topliss-reactive ketones (excluding diaryl/α,β-unsaturated/α-hetero) is 1. The molecule has 3 nitrogen and oxygen atoms in total. The second kappa shape index (κ2) is 4.56. The largest absolute Gasteiger partial charge is 0.484 e. The lowest BCUT2D eigenvalue weighted by Crippen LogP contribution is -2.58. The molecule has 4 aliphatic rings. The van der Waals surface area contributed by atoms with E-state index >= 15 is 0 Å². The molecule has 0 amide bonds. The van der Waals surface area contributed by atoms with E-state index < -0.39 is 0 Å². The summed E-state index contributed by atoms with van der Waals surface area (Å²) in [5.74, 6) is 3.35. The summed E-state index contributed by atoms with van der Waals surface area (Å²) in [7, 11) is 0. The van der Waals surface area contributed by atoms with Crippen molar-refractivity contribution in [3.8, 4) is 11.5 Å². The van der Waals surface area contributed by atoms with Gasteiger partial charge in [0.1, 0.15) is 5.60 Å². The van der Waals surface area contributed by atoms with Gasteiger partial charge in [0, 0.05) is 17.4 Å². The molecule has 24 heavy (non-hydrogen) atoms. The first kappa shape index (κ1) is 14.8. The zero-order chi connectivity index (χ0) is 16.7. The molecule has 128 valence electrons. The van der Waals surface area contributed by atoms with Gasteiger partial charge >= 0.3 is 0 Å². The second-order valence-electron chi connectivity index (χ2n) is 9.15. The molecule has 0 saturated heterocycles. The van der Waals surface area contributed by atoms with Gasteiger partial charge in [-0.25, -0.2) is 0 Å². The molecule has 1 aliphatic heterocycles. The summed E-state index contributed by atoms with van der Waals surface area (Å²) >= 11 is 0. The first-order chi connectivity index (χ1) is 11.4. The molecule has 3 aliphatic carbocycles. The van der Waals surface area contributed by atoms with Gasteiger partial charge < -0.3 is 9.47 Å². The van der Waals surface area contributed by atoms with E-state index in [0.717, 1.165) is 36.7 Å². The standard InChI is InChI=1S/C21H26O3/c1-20(2,3)24-16-9-6-13-11-12-5-4-10-21-14(12)7-8-15(22)19(21)23-18(16)17(13)21/h6,9,12,14,19H,4-5,7-8,10-11H2,1-3H3/t12-,14+,19+,21+/m1/s1. The summed E-state index contributed by atoms with van der Waals surface area (Å²) in [6.45, 7) is 6.18. The molecule has 4 atom stereocenters. The van der Waals surface area contributed by atoms with Crippen LogP contribution < -0.4 is 9.47 Å². The normalized spacial score (nSPS) is 36.1. The highest BCUT2D eigenvalue weighted by molar-refractivity contribution is 5.89. The Kier molecular flexibility index (Phi) is 2.81. The van der Waals surface area contributed by atoms with Crippen molar-refractivity contribution in [1.29, 1.82) is 0 Å². The molecule has 2 bridgehead atoms. The summed E-state index contributed by atoms with van der Waals surface area (Å²) in [4.78, 5) is 12.8. The molecule has 1 aromatic rings. The molecule has 1 spiro atoms. The van der Waals surface area contributed by atoms with Gasteiger partial charge in [0.25, 0.3) is 0 Å². The molecule has 0 aromatic heterocycles. The van der Waals surface area contributed by atoms with Crippen molar-refractivity contribution in [1.82, 2.24) is 0 Å². The smallest absolute Gasteiger partial charge is 0.174 e. The van der Waals surface area contributed by atoms with Crippen molar-refractivity contribution in [2.45, 2.75) is 76.4 Å². The minimum atomic E-state index is -0.271. The zero-order valence-corrected chi connectivity index (χ0v) is 14.9. The third kappa shape index (κ3) is 1.76. The Morgan fingerprint density at radius 3 is 2.88 bits per heavy atom. The summed E-state index contributed by atoms with van der Waals surface area (Å²) < 4.78 is 12.6. The van der Waals surface area contributed by atoms with Crippen molar-refractivity contribution in [3.63, 3.8) is 0 Å². The minimum Gasteiger partial charge on any atom is -0.484 e. The summed E-state index contributed by atoms with van der Waals surface area (Å²) in [6, 6.07) is 4.30. The Morgan fingerprint density at radius 2 is 2.08 bits per heavy atom. The fraction of sp³-hybridized carbons (Fsp3) is 0.667. The van der Waals surface area contributed by atoms with Gasteiger partial charge in [-0.1, -0.05) is 12.5 Å². The summed E-state index contributed by atoms with van der Waals surface area (Å²) in [5, 5.41) is 0. The van der Waals surface area contributed by atoms with Crippen LogP contribution >= 0.6 is 0 Å². The van der Waals surface area contributed by atoms with Crippen LogP contribution in [0.5, 0.6) is 11.5 Å². The van der Waals surface area contributed by atoms with E-state index in [1.165, 1.54) is 24.0 Å². The van der Waals surface area contributed by atoms with Gasteiger partial charge in [-0.3, -0.25) is 4.79 Å².